The molecule has 1 aliphatic rings. The van der Waals surface area contributed by atoms with Crippen molar-refractivity contribution in [1.82, 2.24) is 10.2 Å². The van der Waals surface area contributed by atoms with Gasteiger partial charge in [0.05, 0.1) is 5.56 Å². The summed E-state index contributed by atoms with van der Waals surface area (Å²) < 4.78 is 16.6. The second-order valence-corrected chi connectivity index (χ2v) is 9.57. The summed E-state index contributed by atoms with van der Waals surface area (Å²) in [5.74, 6) is -0.923. The summed E-state index contributed by atoms with van der Waals surface area (Å²) in [4.78, 5) is 14.8. The van der Waals surface area contributed by atoms with E-state index in [1.54, 1.807) is 12.1 Å². The summed E-state index contributed by atoms with van der Waals surface area (Å²) in [6.45, 7) is 3.32. The van der Waals surface area contributed by atoms with Crippen molar-refractivity contribution in [2.24, 2.45) is 0 Å². The maximum atomic E-state index is 14.6. The molecule has 6 heteroatoms. The van der Waals surface area contributed by atoms with E-state index in [-0.39, 0.29) is 5.56 Å². The first kappa shape index (κ1) is 22.9. The Morgan fingerprint density at radius 3 is 2.34 bits per heavy atom. The molecule has 0 aliphatic carbocycles. The van der Waals surface area contributed by atoms with Crippen LogP contribution in [0.15, 0.2) is 81.8 Å². The van der Waals surface area contributed by atoms with E-state index in [1.807, 2.05) is 24.3 Å². The number of amides is 1. The van der Waals surface area contributed by atoms with Crippen LogP contribution in [0.4, 0.5) is 4.39 Å². The monoisotopic (exact) mass is 556 g/mol. The molecule has 0 aromatic heterocycles. The molecule has 1 heterocycles. The summed E-state index contributed by atoms with van der Waals surface area (Å²) in [7, 11) is 0. The molecule has 1 aliphatic heterocycles. The Balaban J connectivity index is 1.32. The van der Waals surface area contributed by atoms with Gasteiger partial charge in [0.2, 0.25) is 0 Å². The van der Waals surface area contributed by atoms with Crippen LogP contribution in [-0.2, 0) is 13.0 Å². The third-order valence-corrected chi connectivity index (χ3v) is 6.76. The molecule has 0 radical (unpaired) electrons. The number of carbonyl (C=O) groups excluding carboxylic acids is 1. The third kappa shape index (κ3) is 5.74. The zero-order valence-corrected chi connectivity index (χ0v) is 20.6. The highest BCUT2D eigenvalue weighted by Crippen LogP contribution is 2.24. The molecule has 0 saturated heterocycles. The number of nitrogens with one attached hydrogen (secondary N) is 1. The standard InChI is InChI=1S/C26H23Br2FN2O/c27-22-8-5-19(6-9-22)20-7-10-23(25(29)16-20)26(32)30-12-11-18-3-4-21(24(28)15-18)17-31-13-1-2-14-31/h1-10,15-16H,11-14,17H2,(H,30,32). The molecule has 1 N–H and O–H groups in total. The quantitative estimate of drug-likeness (QED) is 0.343. The Labute approximate surface area is 204 Å². The smallest absolute Gasteiger partial charge is 0.254 e. The highest BCUT2D eigenvalue weighted by atomic mass is 79.9. The fourth-order valence-corrected chi connectivity index (χ4v) is 4.52. The van der Waals surface area contributed by atoms with Crippen LogP contribution < -0.4 is 5.32 Å². The summed E-state index contributed by atoms with van der Waals surface area (Å²) in [6.07, 6.45) is 5.04. The van der Waals surface area contributed by atoms with Crippen molar-refractivity contribution < 1.29 is 9.18 Å². The van der Waals surface area contributed by atoms with Crippen LogP contribution in [0, 0.1) is 5.82 Å². The van der Waals surface area contributed by atoms with Gasteiger partial charge in [-0.3, -0.25) is 9.69 Å². The SMILES string of the molecule is O=C(NCCc1ccc(CN2CC=CC2)c(Br)c1)c1ccc(-c2ccc(Br)cc2)cc1F. The van der Waals surface area contributed by atoms with Crippen molar-refractivity contribution in [2.75, 3.05) is 19.6 Å². The fraction of sp³-hybridized carbons (Fsp3) is 0.192. The van der Waals surface area contributed by atoms with Crippen LogP contribution in [-0.4, -0.2) is 30.4 Å². The molecule has 3 nitrogen and oxygen atoms in total. The van der Waals surface area contributed by atoms with Crippen LogP contribution in [0.2, 0.25) is 0 Å². The van der Waals surface area contributed by atoms with Gasteiger partial charge < -0.3 is 5.32 Å². The average Bonchev–Trinajstić information content (AvgIpc) is 3.29. The summed E-state index contributed by atoms with van der Waals surface area (Å²) in [6, 6.07) is 18.7. The van der Waals surface area contributed by atoms with Crippen LogP contribution >= 0.6 is 31.9 Å². The van der Waals surface area contributed by atoms with Gasteiger partial charge in [0.15, 0.2) is 0 Å². The largest absolute Gasteiger partial charge is 0.352 e. The lowest BCUT2D eigenvalue weighted by Crippen LogP contribution is -2.26. The Bertz CT molecular complexity index is 1140. The minimum atomic E-state index is -0.522. The number of carbonyl (C=O) groups is 1. The first-order valence-electron chi connectivity index (χ1n) is 10.5. The lowest BCUT2D eigenvalue weighted by Gasteiger charge is -2.16. The number of nitrogens with zero attached hydrogens (tertiary/aromatic N) is 1. The molecule has 0 bridgehead atoms. The van der Waals surface area contributed by atoms with Gasteiger partial charge in [0, 0.05) is 35.1 Å². The molecule has 1 amide bonds. The highest BCUT2D eigenvalue weighted by Gasteiger charge is 2.13. The van der Waals surface area contributed by atoms with Gasteiger partial charge in [-0.05, 0) is 59.0 Å². The van der Waals surface area contributed by atoms with Crippen molar-refractivity contribution in [3.63, 3.8) is 0 Å². The molecular formula is C26H23Br2FN2O. The van der Waals surface area contributed by atoms with Gasteiger partial charge in [0.1, 0.15) is 5.82 Å². The van der Waals surface area contributed by atoms with Gasteiger partial charge >= 0.3 is 0 Å². The van der Waals surface area contributed by atoms with Crippen LogP contribution in [0.1, 0.15) is 21.5 Å². The number of hydrogen-bond acceptors (Lipinski definition) is 2. The van der Waals surface area contributed by atoms with E-state index in [0.29, 0.717) is 13.0 Å². The van der Waals surface area contributed by atoms with Crippen LogP contribution in [0.25, 0.3) is 11.1 Å². The van der Waals surface area contributed by atoms with Gasteiger partial charge in [-0.25, -0.2) is 4.39 Å². The van der Waals surface area contributed by atoms with Gasteiger partial charge in [0.25, 0.3) is 5.91 Å². The van der Waals surface area contributed by atoms with Crippen LogP contribution in [0.3, 0.4) is 0 Å². The second-order valence-electron chi connectivity index (χ2n) is 7.80. The number of benzene rings is 3. The third-order valence-electron chi connectivity index (χ3n) is 5.50. The molecule has 3 aromatic rings. The molecular weight excluding hydrogens is 535 g/mol. The minimum absolute atomic E-state index is 0.0570. The lowest BCUT2D eigenvalue weighted by atomic mass is 10.0. The zero-order valence-electron chi connectivity index (χ0n) is 17.5. The highest BCUT2D eigenvalue weighted by molar-refractivity contribution is 9.10. The summed E-state index contributed by atoms with van der Waals surface area (Å²) in [5.41, 5.74) is 4.05. The number of hydrogen-bond donors (Lipinski definition) is 1. The van der Waals surface area contributed by atoms with Crippen molar-refractivity contribution in [1.29, 1.82) is 0 Å². The summed E-state index contributed by atoms with van der Waals surface area (Å²) >= 11 is 7.06. The molecule has 0 saturated carbocycles. The fourth-order valence-electron chi connectivity index (χ4n) is 3.70. The zero-order chi connectivity index (χ0) is 22.5. The van der Waals surface area contributed by atoms with Crippen molar-refractivity contribution in [2.45, 2.75) is 13.0 Å². The van der Waals surface area contributed by atoms with E-state index >= 15 is 0 Å². The lowest BCUT2D eigenvalue weighted by molar-refractivity contribution is 0.0950. The maximum Gasteiger partial charge on any atom is 0.254 e. The molecule has 164 valence electrons. The second kappa shape index (κ2) is 10.6. The van der Waals surface area contributed by atoms with Crippen molar-refractivity contribution in [3.05, 3.63) is 104 Å². The normalized spacial score (nSPS) is 13.5. The van der Waals surface area contributed by atoms with Gasteiger partial charge in [-0.15, -0.1) is 0 Å². The molecule has 0 unspecified atom stereocenters. The Morgan fingerprint density at radius 1 is 0.938 bits per heavy atom. The predicted molar refractivity (Wildman–Crippen MR) is 134 cm³/mol. The Kier molecular flexibility index (Phi) is 7.55. The van der Waals surface area contributed by atoms with Gasteiger partial charge in [-0.1, -0.05) is 74.3 Å². The summed E-state index contributed by atoms with van der Waals surface area (Å²) in [5, 5.41) is 2.83. The molecule has 32 heavy (non-hydrogen) atoms. The van der Waals surface area contributed by atoms with Crippen molar-refractivity contribution >= 4 is 37.8 Å². The molecule has 0 spiro atoms. The van der Waals surface area contributed by atoms with Crippen molar-refractivity contribution in [3.8, 4) is 11.1 Å². The van der Waals surface area contributed by atoms with E-state index in [1.165, 1.54) is 11.6 Å². The number of rotatable bonds is 7. The van der Waals surface area contributed by atoms with E-state index in [2.05, 4.69) is 72.4 Å². The Hall–Kier alpha value is -2.28. The Morgan fingerprint density at radius 2 is 1.66 bits per heavy atom. The topological polar surface area (TPSA) is 32.3 Å². The molecule has 3 aromatic carbocycles. The molecule has 0 fully saturated rings. The van der Waals surface area contributed by atoms with E-state index < -0.39 is 11.7 Å². The van der Waals surface area contributed by atoms with E-state index in [0.717, 1.165) is 45.3 Å². The maximum absolute atomic E-state index is 14.6. The predicted octanol–water partition coefficient (Wildman–Crippen LogP) is 6.36. The van der Waals surface area contributed by atoms with Gasteiger partial charge in [-0.2, -0.15) is 0 Å². The average molecular weight is 558 g/mol. The first-order valence-corrected chi connectivity index (χ1v) is 12.1. The molecule has 0 atom stereocenters. The van der Waals surface area contributed by atoms with E-state index in [4.69, 9.17) is 0 Å². The molecule has 4 rings (SSSR count). The van der Waals surface area contributed by atoms with Crippen LogP contribution in [0.5, 0.6) is 0 Å². The minimum Gasteiger partial charge on any atom is -0.352 e. The first-order chi connectivity index (χ1) is 15.5. The number of halogens is 3. The van der Waals surface area contributed by atoms with E-state index in [9.17, 15) is 9.18 Å².